The predicted molar refractivity (Wildman–Crippen MR) is 322 cm³/mol. The van der Waals surface area contributed by atoms with Gasteiger partial charge in [0.2, 0.25) is 5.91 Å². The Morgan fingerprint density at radius 3 is 1.20 bits per heavy atom. The normalized spacial score (nSPS) is 25.4. The minimum absolute atomic E-state index is 0.0106. The molecule has 460 valence electrons. The Hall–Kier alpha value is -7.13. The van der Waals surface area contributed by atoms with E-state index in [9.17, 15) is 9.59 Å². The number of benzene rings is 6. The van der Waals surface area contributed by atoms with Gasteiger partial charge in [-0.1, -0.05) is 195 Å². The van der Waals surface area contributed by atoms with Crippen LogP contribution in [0.1, 0.15) is 67.0 Å². The van der Waals surface area contributed by atoms with Gasteiger partial charge >= 0.3 is 12.1 Å². The summed E-state index contributed by atoms with van der Waals surface area (Å²) in [5.41, 5.74) is 4.82. The maximum absolute atomic E-state index is 15.6. The van der Waals surface area contributed by atoms with Crippen LogP contribution < -0.4 is 0 Å². The number of esters is 1. The van der Waals surface area contributed by atoms with E-state index in [0.29, 0.717) is 13.2 Å². The maximum atomic E-state index is 15.6. The highest BCUT2D eigenvalue weighted by Crippen LogP contribution is 2.37. The zero-order chi connectivity index (χ0) is 60.4. The standard InChI is InChI=1S/C70H80N2O15/c1-5-36-78-66(74)58-38-56(84-68-64(82-46-54-34-22-11-23-35-54)62(80-44-52-30-18-9-19-31-52)60(86-68)48-77-42-50-26-14-7-15-27-50)39-71(58)65(73)57-37-55(40-72(57)69(75)87-70(2,3)4)83-67-63(81-45-53-32-20-10-21-33-53)61(79-43-51-28-16-8-17-29-51)59(85-67)47-76-41-49-24-12-6-13-25-49/h5-35,55-64,67-68H,1,36-48H2,2-4H3/t55?,56-,57+,58+,59+,60+,61+,62+,63-,64-,67+,68+/m1/s1. The lowest BCUT2D eigenvalue weighted by atomic mass is 10.1. The first kappa shape index (κ1) is 62.9. The topological polar surface area (TPSA) is 168 Å². The zero-order valence-corrected chi connectivity index (χ0v) is 49.7. The summed E-state index contributed by atoms with van der Waals surface area (Å²) in [5.74, 6) is -1.19. The number of hydrogen-bond acceptors (Lipinski definition) is 15. The molecule has 4 aliphatic rings. The third-order valence-corrected chi connectivity index (χ3v) is 15.5. The molecule has 0 saturated carbocycles. The molecular weight excluding hydrogens is 1110 g/mol. The van der Waals surface area contributed by atoms with E-state index in [1.54, 1.807) is 20.8 Å². The van der Waals surface area contributed by atoms with Crippen LogP contribution in [0.25, 0.3) is 0 Å². The largest absolute Gasteiger partial charge is 0.460 e. The van der Waals surface area contributed by atoms with E-state index in [-0.39, 0.29) is 72.2 Å². The molecule has 0 radical (unpaired) electrons. The number of ether oxygens (including phenoxy) is 12. The third kappa shape index (κ3) is 17.8. The van der Waals surface area contributed by atoms with Gasteiger partial charge < -0.3 is 61.7 Å². The molecule has 10 rings (SSSR count). The Balaban J connectivity index is 0.907. The van der Waals surface area contributed by atoms with Crippen LogP contribution in [0.15, 0.2) is 195 Å². The molecule has 17 nitrogen and oxygen atoms in total. The summed E-state index contributed by atoms with van der Waals surface area (Å²) in [4.78, 5) is 47.1. The van der Waals surface area contributed by atoms with Crippen LogP contribution in [-0.2, 0) is 106 Å². The van der Waals surface area contributed by atoms with E-state index in [1.807, 2.05) is 182 Å². The van der Waals surface area contributed by atoms with Crippen molar-refractivity contribution in [2.75, 3.05) is 32.9 Å². The van der Waals surface area contributed by atoms with Gasteiger partial charge in [-0.05, 0) is 54.2 Å². The Kier molecular flexibility index (Phi) is 22.5. The lowest BCUT2D eigenvalue weighted by Gasteiger charge is -2.31. The molecule has 6 aromatic carbocycles. The van der Waals surface area contributed by atoms with Crippen LogP contribution in [0.4, 0.5) is 4.79 Å². The summed E-state index contributed by atoms with van der Waals surface area (Å²) in [7, 11) is 0. The molecule has 4 fully saturated rings. The first-order valence-electron chi connectivity index (χ1n) is 30.0. The van der Waals surface area contributed by atoms with Gasteiger partial charge in [-0.25, -0.2) is 9.59 Å². The van der Waals surface area contributed by atoms with Crippen LogP contribution in [0.3, 0.4) is 0 Å². The summed E-state index contributed by atoms with van der Waals surface area (Å²) in [6.07, 6.45) is -7.10. The minimum atomic E-state index is -1.16. The van der Waals surface area contributed by atoms with Crippen LogP contribution in [0.5, 0.6) is 0 Å². The van der Waals surface area contributed by atoms with Gasteiger partial charge in [0.05, 0.1) is 71.6 Å². The number of carbonyl (C=O) groups excluding carboxylic acids is 3. The van der Waals surface area contributed by atoms with E-state index in [0.717, 1.165) is 33.4 Å². The predicted octanol–water partition coefficient (Wildman–Crippen LogP) is 10.3. The molecule has 4 aliphatic heterocycles. The van der Waals surface area contributed by atoms with E-state index in [1.165, 1.54) is 15.9 Å². The van der Waals surface area contributed by atoms with Crippen molar-refractivity contribution < 1.29 is 71.2 Å². The van der Waals surface area contributed by atoms with Crippen LogP contribution in [0.2, 0.25) is 0 Å². The molecule has 4 saturated heterocycles. The Bertz CT molecular complexity index is 3050. The first-order chi connectivity index (χ1) is 42.4. The van der Waals surface area contributed by atoms with Gasteiger partial charge in [0.25, 0.3) is 0 Å². The average Bonchev–Trinajstić information content (AvgIpc) is 2.26. The van der Waals surface area contributed by atoms with Crippen LogP contribution >= 0.6 is 0 Å². The van der Waals surface area contributed by atoms with Crippen molar-refractivity contribution in [3.05, 3.63) is 228 Å². The highest BCUT2D eigenvalue weighted by atomic mass is 16.7. The molecule has 6 aromatic rings. The third-order valence-electron chi connectivity index (χ3n) is 15.5. The summed E-state index contributed by atoms with van der Waals surface area (Å²) in [6.45, 7) is 10.7. The molecule has 1 unspecified atom stereocenters. The Labute approximate surface area is 510 Å². The SMILES string of the molecule is C=CCOC(=O)[C@@H]1C[C@@H](O[C@H]2O[C@@H](COCc3ccccc3)[C@H](OCc3ccccc3)[C@H]2OCc2ccccc2)CN1C(=O)[C@@H]1CC(O[C@H]2O[C@@H](COCc3ccccc3)[C@H](OCc3ccccc3)[C@H]2OCc2ccccc2)CN1C(=O)OC(C)(C)C. The van der Waals surface area contributed by atoms with Gasteiger partial charge in [0, 0.05) is 19.4 Å². The molecule has 12 atom stereocenters. The highest BCUT2D eigenvalue weighted by molar-refractivity contribution is 5.91. The zero-order valence-electron chi connectivity index (χ0n) is 49.7. The number of nitrogens with zero attached hydrogens (tertiary/aromatic N) is 2. The molecule has 17 heteroatoms. The van der Waals surface area contributed by atoms with Gasteiger partial charge in [0.15, 0.2) is 12.6 Å². The molecule has 0 aromatic heterocycles. The van der Waals surface area contributed by atoms with Gasteiger partial charge in [0.1, 0.15) is 60.9 Å². The summed E-state index contributed by atoms with van der Waals surface area (Å²) < 4.78 is 78.7. The summed E-state index contributed by atoms with van der Waals surface area (Å²) in [5, 5.41) is 0. The second-order valence-corrected chi connectivity index (χ2v) is 23.2. The molecular formula is C70H80N2O15. The molecule has 87 heavy (non-hydrogen) atoms. The Morgan fingerprint density at radius 2 is 0.828 bits per heavy atom. The molecule has 0 N–H and O–H groups in total. The van der Waals surface area contributed by atoms with Gasteiger partial charge in [-0.3, -0.25) is 9.69 Å². The molecule has 0 spiro atoms. The van der Waals surface area contributed by atoms with Gasteiger partial charge in [-0.2, -0.15) is 0 Å². The van der Waals surface area contributed by atoms with Crippen LogP contribution in [-0.4, -0.2) is 140 Å². The number of amides is 2. The minimum Gasteiger partial charge on any atom is -0.460 e. The van der Waals surface area contributed by atoms with Crippen molar-refractivity contribution in [2.24, 2.45) is 0 Å². The van der Waals surface area contributed by atoms with Crippen molar-refractivity contribution in [3.8, 4) is 0 Å². The summed E-state index contributed by atoms with van der Waals surface area (Å²) >= 11 is 0. The van der Waals surface area contributed by atoms with E-state index in [2.05, 4.69) is 6.58 Å². The van der Waals surface area contributed by atoms with E-state index >= 15 is 4.79 Å². The lowest BCUT2D eigenvalue weighted by molar-refractivity contribution is -0.204. The van der Waals surface area contributed by atoms with Crippen molar-refractivity contribution in [1.29, 1.82) is 0 Å². The number of rotatable bonds is 28. The maximum Gasteiger partial charge on any atom is 0.411 e. The smallest absolute Gasteiger partial charge is 0.411 e. The van der Waals surface area contributed by atoms with Crippen molar-refractivity contribution in [2.45, 2.75) is 152 Å². The first-order valence-corrected chi connectivity index (χ1v) is 30.0. The van der Waals surface area contributed by atoms with Crippen molar-refractivity contribution in [3.63, 3.8) is 0 Å². The quantitative estimate of drug-likeness (QED) is 0.0336. The lowest BCUT2D eigenvalue weighted by Crippen LogP contribution is -2.52. The van der Waals surface area contributed by atoms with Crippen molar-refractivity contribution in [1.82, 2.24) is 9.80 Å². The second kappa shape index (κ2) is 31.2. The average molecular weight is 1190 g/mol. The number of hydrogen-bond donors (Lipinski definition) is 0. The molecule has 0 aliphatic carbocycles. The molecule has 2 amide bonds. The van der Waals surface area contributed by atoms with E-state index < -0.39 is 97.1 Å². The molecule has 0 bridgehead atoms. The fraction of sp³-hybridized carbons (Fsp3) is 0.414. The summed E-state index contributed by atoms with van der Waals surface area (Å²) in [6, 6.07) is 56.7. The molecule has 4 heterocycles. The van der Waals surface area contributed by atoms with Crippen LogP contribution in [0, 0.1) is 0 Å². The van der Waals surface area contributed by atoms with Gasteiger partial charge in [-0.15, -0.1) is 0 Å². The number of likely N-dealkylation sites (tertiary alicyclic amines) is 2. The fourth-order valence-electron chi connectivity index (χ4n) is 11.3. The fourth-order valence-corrected chi connectivity index (χ4v) is 11.3. The van der Waals surface area contributed by atoms with E-state index in [4.69, 9.17) is 56.8 Å². The highest BCUT2D eigenvalue weighted by Gasteiger charge is 2.54. The number of carbonyl (C=O) groups is 3. The Morgan fingerprint density at radius 1 is 0.483 bits per heavy atom. The van der Waals surface area contributed by atoms with Crippen molar-refractivity contribution >= 4 is 18.0 Å². The second-order valence-electron chi connectivity index (χ2n) is 23.2. The monoisotopic (exact) mass is 1190 g/mol.